The van der Waals surface area contributed by atoms with Gasteiger partial charge in [0.1, 0.15) is 5.82 Å². The molecule has 0 radical (unpaired) electrons. The number of rotatable bonds is 4. The third kappa shape index (κ3) is 3.22. The molecule has 0 saturated carbocycles. The second-order valence-electron chi connectivity index (χ2n) is 2.74. The zero-order chi connectivity index (χ0) is 8.81. The van der Waals surface area contributed by atoms with E-state index in [2.05, 4.69) is 20.9 Å². The Kier molecular flexibility index (Phi) is 4.08. The van der Waals surface area contributed by atoms with Crippen LogP contribution in [0.3, 0.4) is 0 Å². The molecule has 12 heavy (non-hydrogen) atoms. The molecule has 0 unspecified atom stereocenters. The molecule has 0 aliphatic carbocycles. The SMILES string of the molecule is Nc1ccc(CCCCBr)cn1. The molecule has 0 fully saturated rings. The lowest BCUT2D eigenvalue weighted by atomic mass is 10.1. The van der Waals surface area contributed by atoms with Crippen LogP contribution in [0.25, 0.3) is 0 Å². The van der Waals surface area contributed by atoms with E-state index in [1.165, 1.54) is 18.4 Å². The normalized spacial score (nSPS) is 10.1. The average Bonchev–Trinajstić information content (AvgIpc) is 2.09. The number of nitrogens with zero attached hydrogens (tertiary/aromatic N) is 1. The molecule has 0 amide bonds. The van der Waals surface area contributed by atoms with Crippen LogP contribution in [-0.2, 0) is 6.42 Å². The molecular weight excluding hydrogens is 216 g/mol. The van der Waals surface area contributed by atoms with E-state index in [-0.39, 0.29) is 0 Å². The van der Waals surface area contributed by atoms with Crippen LogP contribution in [0.5, 0.6) is 0 Å². The molecule has 3 heteroatoms. The molecule has 1 aromatic heterocycles. The first-order valence-corrected chi connectivity index (χ1v) is 5.21. The highest BCUT2D eigenvalue weighted by atomic mass is 79.9. The number of aryl methyl sites for hydroxylation is 1. The maximum atomic E-state index is 5.46. The van der Waals surface area contributed by atoms with Crippen molar-refractivity contribution in [2.75, 3.05) is 11.1 Å². The third-order valence-corrected chi connectivity index (χ3v) is 2.26. The fourth-order valence-corrected chi connectivity index (χ4v) is 1.40. The van der Waals surface area contributed by atoms with Gasteiger partial charge < -0.3 is 5.73 Å². The quantitative estimate of drug-likeness (QED) is 0.635. The molecule has 2 nitrogen and oxygen atoms in total. The maximum absolute atomic E-state index is 5.46. The van der Waals surface area contributed by atoms with E-state index in [0.717, 1.165) is 11.8 Å². The molecule has 0 aliphatic rings. The predicted molar refractivity (Wildman–Crippen MR) is 55.4 cm³/mol. The number of nitrogens with two attached hydrogens (primary N) is 1. The van der Waals surface area contributed by atoms with E-state index in [0.29, 0.717) is 5.82 Å². The molecule has 0 atom stereocenters. The van der Waals surface area contributed by atoms with Gasteiger partial charge in [-0.15, -0.1) is 0 Å². The highest BCUT2D eigenvalue weighted by Gasteiger charge is 1.92. The van der Waals surface area contributed by atoms with Crippen LogP contribution < -0.4 is 5.73 Å². The number of hydrogen-bond acceptors (Lipinski definition) is 2. The zero-order valence-electron chi connectivity index (χ0n) is 6.96. The molecule has 2 N–H and O–H groups in total. The number of pyridine rings is 1. The summed E-state index contributed by atoms with van der Waals surface area (Å²) in [5.41, 5.74) is 6.73. The van der Waals surface area contributed by atoms with E-state index in [9.17, 15) is 0 Å². The monoisotopic (exact) mass is 228 g/mol. The lowest BCUT2D eigenvalue weighted by Gasteiger charge is -1.99. The molecule has 1 aromatic rings. The van der Waals surface area contributed by atoms with Crippen LogP contribution in [-0.4, -0.2) is 10.3 Å². The number of hydrogen-bond donors (Lipinski definition) is 1. The van der Waals surface area contributed by atoms with E-state index in [1.54, 1.807) is 0 Å². The molecule has 0 spiro atoms. The van der Waals surface area contributed by atoms with Gasteiger partial charge in [0.2, 0.25) is 0 Å². The number of aromatic nitrogens is 1. The van der Waals surface area contributed by atoms with Gasteiger partial charge >= 0.3 is 0 Å². The summed E-state index contributed by atoms with van der Waals surface area (Å²) in [6, 6.07) is 3.89. The molecule has 0 bridgehead atoms. The summed E-state index contributed by atoms with van der Waals surface area (Å²) in [6.45, 7) is 0. The standard InChI is InChI=1S/C9H13BrN2/c10-6-2-1-3-8-4-5-9(11)12-7-8/h4-5,7H,1-3,6H2,(H2,11,12). The minimum atomic E-state index is 0.597. The number of halogens is 1. The molecule has 0 aliphatic heterocycles. The van der Waals surface area contributed by atoms with Crippen LogP contribution in [0.15, 0.2) is 18.3 Å². The van der Waals surface area contributed by atoms with Gasteiger partial charge in [0.05, 0.1) is 0 Å². The van der Waals surface area contributed by atoms with E-state index in [4.69, 9.17) is 5.73 Å². The Morgan fingerprint density at radius 3 is 2.75 bits per heavy atom. The van der Waals surface area contributed by atoms with Gasteiger partial charge in [-0.2, -0.15) is 0 Å². The Morgan fingerprint density at radius 1 is 1.33 bits per heavy atom. The zero-order valence-corrected chi connectivity index (χ0v) is 8.55. The molecular formula is C9H13BrN2. The lowest BCUT2D eigenvalue weighted by molar-refractivity contribution is 0.803. The lowest BCUT2D eigenvalue weighted by Crippen LogP contribution is -1.92. The smallest absolute Gasteiger partial charge is 0.123 e. The van der Waals surface area contributed by atoms with Crippen molar-refractivity contribution in [3.05, 3.63) is 23.9 Å². The summed E-state index contributed by atoms with van der Waals surface area (Å²) in [6.07, 6.45) is 5.36. The highest BCUT2D eigenvalue weighted by molar-refractivity contribution is 9.09. The highest BCUT2D eigenvalue weighted by Crippen LogP contribution is 2.06. The van der Waals surface area contributed by atoms with Crippen molar-refractivity contribution in [3.63, 3.8) is 0 Å². The van der Waals surface area contributed by atoms with Gasteiger partial charge in [-0.3, -0.25) is 0 Å². The Hall–Kier alpha value is -0.570. The second-order valence-corrected chi connectivity index (χ2v) is 3.53. The number of anilines is 1. The van der Waals surface area contributed by atoms with Crippen molar-refractivity contribution in [1.82, 2.24) is 4.98 Å². The maximum Gasteiger partial charge on any atom is 0.123 e. The van der Waals surface area contributed by atoms with Crippen LogP contribution in [0, 0.1) is 0 Å². The van der Waals surface area contributed by atoms with Gasteiger partial charge in [-0.05, 0) is 30.9 Å². The number of unbranched alkanes of at least 4 members (excludes halogenated alkanes) is 1. The Bertz CT molecular complexity index is 220. The first-order chi connectivity index (χ1) is 5.83. The Balaban J connectivity index is 2.37. The molecule has 66 valence electrons. The fraction of sp³-hybridized carbons (Fsp3) is 0.444. The summed E-state index contributed by atoms with van der Waals surface area (Å²) in [5, 5.41) is 1.08. The first kappa shape index (κ1) is 9.52. The van der Waals surface area contributed by atoms with Gasteiger partial charge in [0.15, 0.2) is 0 Å². The Morgan fingerprint density at radius 2 is 2.17 bits per heavy atom. The van der Waals surface area contributed by atoms with Crippen molar-refractivity contribution in [2.24, 2.45) is 0 Å². The van der Waals surface area contributed by atoms with Gasteiger partial charge in [0.25, 0.3) is 0 Å². The molecule has 1 rings (SSSR count). The summed E-state index contributed by atoms with van der Waals surface area (Å²) in [7, 11) is 0. The topological polar surface area (TPSA) is 38.9 Å². The molecule has 0 aromatic carbocycles. The summed E-state index contributed by atoms with van der Waals surface area (Å²) in [5.74, 6) is 0.597. The van der Waals surface area contributed by atoms with Crippen molar-refractivity contribution in [1.29, 1.82) is 0 Å². The van der Waals surface area contributed by atoms with E-state index in [1.807, 2.05) is 18.3 Å². The van der Waals surface area contributed by atoms with Crippen LogP contribution in [0.4, 0.5) is 5.82 Å². The number of alkyl halides is 1. The summed E-state index contributed by atoms with van der Waals surface area (Å²) >= 11 is 3.40. The predicted octanol–water partition coefficient (Wildman–Crippen LogP) is 2.38. The largest absolute Gasteiger partial charge is 0.384 e. The van der Waals surface area contributed by atoms with Crippen molar-refractivity contribution in [2.45, 2.75) is 19.3 Å². The van der Waals surface area contributed by atoms with E-state index < -0.39 is 0 Å². The second kappa shape index (κ2) is 5.14. The fourth-order valence-electron chi connectivity index (χ4n) is 1.01. The first-order valence-electron chi connectivity index (χ1n) is 4.09. The van der Waals surface area contributed by atoms with Crippen LogP contribution in [0.1, 0.15) is 18.4 Å². The molecule has 1 heterocycles. The average molecular weight is 229 g/mol. The van der Waals surface area contributed by atoms with Gasteiger partial charge in [-0.1, -0.05) is 22.0 Å². The van der Waals surface area contributed by atoms with Crippen LogP contribution >= 0.6 is 15.9 Å². The minimum absolute atomic E-state index is 0.597. The summed E-state index contributed by atoms with van der Waals surface area (Å²) in [4.78, 5) is 4.02. The van der Waals surface area contributed by atoms with Crippen molar-refractivity contribution < 1.29 is 0 Å². The Labute approximate surface area is 81.3 Å². The van der Waals surface area contributed by atoms with Gasteiger partial charge in [-0.25, -0.2) is 4.98 Å². The van der Waals surface area contributed by atoms with Crippen molar-refractivity contribution in [3.8, 4) is 0 Å². The third-order valence-electron chi connectivity index (χ3n) is 1.70. The number of nitrogen functional groups attached to an aromatic ring is 1. The van der Waals surface area contributed by atoms with Crippen LogP contribution in [0.2, 0.25) is 0 Å². The summed E-state index contributed by atoms with van der Waals surface area (Å²) < 4.78 is 0. The van der Waals surface area contributed by atoms with Crippen molar-refractivity contribution >= 4 is 21.7 Å². The van der Waals surface area contributed by atoms with E-state index >= 15 is 0 Å². The molecule has 0 saturated heterocycles. The van der Waals surface area contributed by atoms with Gasteiger partial charge in [0, 0.05) is 11.5 Å². The minimum Gasteiger partial charge on any atom is -0.384 e.